The molecule has 1 atom stereocenters. The summed E-state index contributed by atoms with van der Waals surface area (Å²) in [6, 6.07) is 4.52. The van der Waals surface area contributed by atoms with Crippen LogP contribution in [0.1, 0.15) is 18.4 Å². The molecule has 1 unspecified atom stereocenters. The molecule has 0 saturated carbocycles. The Kier molecular flexibility index (Phi) is 2.93. The van der Waals surface area contributed by atoms with Gasteiger partial charge in [-0.2, -0.15) is 0 Å². The van der Waals surface area contributed by atoms with Crippen LogP contribution >= 0.6 is 0 Å². The van der Waals surface area contributed by atoms with Crippen molar-refractivity contribution >= 4 is 31.5 Å². The molecule has 94 valence electrons. The third-order valence-corrected chi connectivity index (χ3v) is 5.67. The van der Waals surface area contributed by atoms with Crippen LogP contribution in [0.3, 0.4) is 0 Å². The van der Waals surface area contributed by atoms with Crippen LogP contribution in [0.15, 0.2) is 18.2 Å². The Hall–Kier alpha value is -1.23. The molecule has 2 heterocycles. The third-order valence-electron chi connectivity index (χ3n) is 3.12. The number of halogens is 1. The van der Waals surface area contributed by atoms with E-state index in [1.807, 2.05) is 0 Å². The van der Waals surface area contributed by atoms with E-state index in [4.69, 9.17) is 0 Å². The van der Waals surface area contributed by atoms with E-state index < -0.39 is 0 Å². The van der Waals surface area contributed by atoms with Crippen molar-refractivity contribution < 1.29 is 14.0 Å². The van der Waals surface area contributed by atoms with Gasteiger partial charge in [0.25, 0.3) is 0 Å². The zero-order chi connectivity index (χ0) is 12.7. The molecule has 1 aromatic rings. The molecule has 1 N–H and O–H groups in total. The second-order valence-electron chi connectivity index (χ2n) is 4.39. The first-order chi connectivity index (χ1) is 8.63. The number of imide groups is 1. The van der Waals surface area contributed by atoms with E-state index >= 15 is 0 Å². The van der Waals surface area contributed by atoms with Gasteiger partial charge in [0.2, 0.25) is 0 Å². The Labute approximate surface area is 110 Å². The Morgan fingerprint density at radius 1 is 1.39 bits per heavy atom. The normalized spacial score (nSPS) is 23.9. The molecule has 1 saturated heterocycles. The summed E-state index contributed by atoms with van der Waals surface area (Å²) in [5, 5.41) is 2.36. The standard InChI is InChI=1S/C12H11FN2O2Se/c13-8-1-3-10-7(5-8)6-15(18-10)9-2-4-11(16)14-12(9)17/h1,3,5,9H,2,4,6H2,(H,14,16,17). The Bertz CT molecular complexity index is 535. The first-order valence-corrected chi connectivity index (χ1v) is 7.32. The molecule has 2 amide bonds. The summed E-state index contributed by atoms with van der Waals surface area (Å²) in [6.07, 6.45) is 0.941. The van der Waals surface area contributed by atoms with Crippen molar-refractivity contribution in [3.8, 4) is 0 Å². The van der Waals surface area contributed by atoms with Crippen molar-refractivity contribution in [2.75, 3.05) is 0 Å². The Balaban J connectivity index is 1.77. The maximum absolute atomic E-state index is 13.1. The van der Waals surface area contributed by atoms with Crippen LogP contribution in [-0.2, 0) is 16.1 Å². The zero-order valence-electron chi connectivity index (χ0n) is 9.48. The molecule has 3 rings (SSSR count). The van der Waals surface area contributed by atoms with Crippen LogP contribution in [-0.4, -0.2) is 36.9 Å². The van der Waals surface area contributed by atoms with E-state index in [0.717, 1.165) is 10.0 Å². The van der Waals surface area contributed by atoms with E-state index in [9.17, 15) is 14.0 Å². The van der Waals surface area contributed by atoms with Crippen LogP contribution in [0, 0.1) is 5.82 Å². The second kappa shape index (κ2) is 4.46. The fraction of sp³-hybridized carbons (Fsp3) is 0.333. The molecule has 1 fully saturated rings. The predicted molar refractivity (Wildman–Crippen MR) is 63.5 cm³/mol. The van der Waals surface area contributed by atoms with Gasteiger partial charge in [-0.3, -0.25) is 0 Å². The first kappa shape index (κ1) is 11.8. The van der Waals surface area contributed by atoms with E-state index in [1.54, 1.807) is 6.07 Å². The number of carbonyl (C=O) groups is 2. The van der Waals surface area contributed by atoms with Gasteiger partial charge < -0.3 is 0 Å². The van der Waals surface area contributed by atoms with E-state index in [0.29, 0.717) is 19.4 Å². The molecule has 0 aromatic heterocycles. The molecular weight excluding hydrogens is 302 g/mol. The number of hydrogen-bond donors (Lipinski definition) is 1. The third kappa shape index (κ3) is 2.07. The van der Waals surface area contributed by atoms with E-state index in [-0.39, 0.29) is 38.8 Å². The van der Waals surface area contributed by atoms with Crippen molar-refractivity contribution in [2.45, 2.75) is 25.4 Å². The van der Waals surface area contributed by atoms with E-state index in [2.05, 4.69) is 9.23 Å². The van der Waals surface area contributed by atoms with Gasteiger partial charge >= 0.3 is 110 Å². The predicted octanol–water partition coefficient (Wildman–Crippen LogP) is -0.309. The van der Waals surface area contributed by atoms with Gasteiger partial charge in [-0.25, -0.2) is 0 Å². The maximum atomic E-state index is 13.1. The van der Waals surface area contributed by atoms with Gasteiger partial charge in [0, 0.05) is 0 Å². The van der Waals surface area contributed by atoms with Crippen LogP contribution in [0.25, 0.3) is 0 Å². The Morgan fingerprint density at radius 2 is 2.22 bits per heavy atom. The summed E-state index contributed by atoms with van der Waals surface area (Å²) < 4.78 is 16.3. The van der Waals surface area contributed by atoms with E-state index in [1.165, 1.54) is 12.1 Å². The van der Waals surface area contributed by atoms with Crippen LogP contribution in [0.4, 0.5) is 4.39 Å². The van der Waals surface area contributed by atoms with Gasteiger partial charge in [-0.1, -0.05) is 0 Å². The average molecular weight is 313 g/mol. The monoisotopic (exact) mass is 314 g/mol. The van der Waals surface area contributed by atoms with Crippen molar-refractivity contribution in [3.63, 3.8) is 0 Å². The van der Waals surface area contributed by atoms with Crippen LogP contribution < -0.4 is 9.78 Å². The summed E-state index contributed by atoms with van der Waals surface area (Å²) >= 11 is 0.0332. The minimum atomic E-state index is -0.252. The molecule has 2 aliphatic rings. The molecule has 4 nitrogen and oxygen atoms in total. The molecule has 1 aromatic carbocycles. The molecule has 0 aliphatic carbocycles. The van der Waals surface area contributed by atoms with Gasteiger partial charge in [-0.05, 0) is 0 Å². The Morgan fingerprint density at radius 3 is 3.00 bits per heavy atom. The quantitative estimate of drug-likeness (QED) is 0.572. The number of hydrogen-bond acceptors (Lipinski definition) is 3. The molecule has 18 heavy (non-hydrogen) atoms. The summed E-state index contributed by atoms with van der Waals surface area (Å²) in [7, 11) is 0. The molecule has 0 spiro atoms. The molecule has 6 heteroatoms. The number of carbonyl (C=O) groups excluding carboxylic acids is 2. The summed E-state index contributed by atoms with van der Waals surface area (Å²) in [5.41, 5.74) is 0.958. The fourth-order valence-electron chi connectivity index (χ4n) is 2.22. The SMILES string of the molecule is O=C1CCC(N2Cc3cc(F)ccc3[Se]2)C(=O)N1. The van der Waals surface area contributed by atoms with Crippen molar-refractivity contribution in [1.82, 2.24) is 9.23 Å². The van der Waals surface area contributed by atoms with Crippen molar-refractivity contribution in [3.05, 3.63) is 29.6 Å². The van der Waals surface area contributed by atoms with Crippen LogP contribution in [0.2, 0.25) is 0 Å². The van der Waals surface area contributed by atoms with Gasteiger partial charge in [0.1, 0.15) is 0 Å². The number of benzene rings is 1. The number of piperidine rings is 1. The second-order valence-corrected chi connectivity index (χ2v) is 6.68. The van der Waals surface area contributed by atoms with Gasteiger partial charge in [-0.15, -0.1) is 0 Å². The number of rotatable bonds is 1. The first-order valence-electron chi connectivity index (χ1n) is 5.70. The summed E-state index contributed by atoms with van der Waals surface area (Å²) in [5.74, 6) is -0.664. The molecule has 0 bridgehead atoms. The number of nitrogens with zero attached hydrogens (tertiary/aromatic N) is 1. The van der Waals surface area contributed by atoms with Crippen molar-refractivity contribution in [2.24, 2.45) is 0 Å². The fourth-order valence-corrected chi connectivity index (χ4v) is 4.64. The van der Waals surface area contributed by atoms with Crippen LogP contribution in [0.5, 0.6) is 0 Å². The number of amides is 2. The summed E-state index contributed by atoms with van der Waals surface area (Å²) in [4.78, 5) is 22.9. The number of nitrogens with one attached hydrogen (secondary N) is 1. The molecule has 2 aliphatic heterocycles. The van der Waals surface area contributed by atoms with Crippen molar-refractivity contribution in [1.29, 1.82) is 0 Å². The summed E-state index contributed by atoms with van der Waals surface area (Å²) in [6.45, 7) is 0.597. The zero-order valence-corrected chi connectivity index (χ0v) is 11.2. The van der Waals surface area contributed by atoms with Gasteiger partial charge in [0.05, 0.1) is 0 Å². The topological polar surface area (TPSA) is 49.4 Å². The molecular formula is C12H11FN2O2Se. The average Bonchev–Trinajstić information content (AvgIpc) is 2.71. The number of fused-ring (bicyclic) bond motifs is 1. The minimum absolute atomic E-state index is 0.0332. The van der Waals surface area contributed by atoms with Gasteiger partial charge in [0.15, 0.2) is 0 Å². The molecule has 0 radical (unpaired) electrons.